The number of carboxylic acid groups (broad SMARTS) is 1. The van der Waals surface area contributed by atoms with E-state index in [1.54, 1.807) is 26.0 Å². The molecule has 0 aromatic heterocycles. The highest BCUT2D eigenvalue weighted by Gasteiger charge is 2.39. The van der Waals surface area contributed by atoms with Gasteiger partial charge in [0.25, 0.3) is 0 Å². The fraction of sp³-hybridized carbons (Fsp3) is 0.235. The summed E-state index contributed by atoms with van der Waals surface area (Å²) in [5.41, 5.74) is 1.83. The van der Waals surface area contributed by atoms with Crippen molar-refractivity contribution >= 4 is 17.7 Å². The molecular formula is C17H16O4S. The Kier molecular flexibility index (Phi) is 3.98. The SMILES string of the molecule is COc1ccc(C2Sc3cc(OC)ccc3C2C(=O)O)cc1. The van der Waals surface area contributed by atoms with Crippen molar-refractivity contribution in [1.82, 2.24) is 0 Å². The molecule has 1 N–H and O–H groups in total. The summed E-state index contributed by atoms with van der Waals surface area (Å²) in [4.78, 5) is 12.7. The van der Waals surface area contributed by atoms with Crippen LogP contribution in [-0.2, 0) is 4.79 Å². The average Bonchev–Trinajstić information content (AvgIpc) is 2.93. The summed E-state index contributed by atoms with van der Waals surface area (Å²) in [6.07, 6.45) is 0. The van der Waals surface area contributed by atoms with E-state index in [-0.39, 0.29) is 5.25 Å². The summed E-state index contributed by atoms with van der Waals surface area (Å²) in [6.45, 7) is 0. The Hall–Kier alpha value is -2.14. The molecule has 0 aliphatic carbocycles. The summed E-state index contributed by atoms with van der Waals surface area (Å²) >= 11 is 1.57. The first-order valence-corrected chi connectivity index (χ1v) is 7.73. The van der Waals surface area contributed by atoms with E-state index in [4.69, 9.17) is 9.47 Å². The smallest absolute Gasteiger partial charge is 0.312 e. The number of carboxylic acids is 1. The van der Waals surface area contributed by atoms with Crippen molar-refractivity contribution in [2.75, 3.05) is 14.2 Å². The van der Waals surface area contributed by atoms with Gasteiger partial charge in [-0.2, -0.15) is 0 Å². The van der Waals surface area contributed by atoms with Crippen LogP contribution in [0, 0.1) is 0 Å². The average molecular weight is 316 g/mol. The van der Waals surface area contributed by atoms with Crippen LogP contribution in [0.15, 0.2) is 47.4 Å². The zero-order valence-corrected chi connectivity index (χ0v) is 13.1. The van der Waals surface area contributed by atoms with Gasteiger partial charge in [-0.1, -0.05) is 18.2 Å². The predicted molar refractivity (Wildman–Crippen MR) is 85.0 cm³/mol. The quantitative estimate of drug-likeness (QED) is 0.931. The minimum Gasteiger partial charge on any atom is -0.497 e. The number of aliphatic carboxylic acids is 1. The Morgan fingerprint density at radius 1 is 1.05 bits per heavy atom. The Morgan fingerprint density at radius 3 is 2.27 bits per heavy atom. The van der Waals surface area contributed by atoms with Gasteiger partial charge >= 0.3 is 5.97 Å². The molecule has 0 saturated heterocycles. The highest BCUT2D eigenvalue weighted by molar-refractivity contribution is 8.00. The lowest BCUT2D eigenvalue weighted by Crippen LogP contribution is -2.14. The molecule has 2 unspecified atom stereocenters. The Labute approximate surface area is 133 Å². The molecule has 114 valence electrons. The first-order chi connectivity index (χ1) is 10.6. The van der Waals surface area contributed by atoms with E-state index >= 15 is 0 Å². The third-order valence-electron chi connectivity index (χ3n) is 3.82. The third kappa shape index (κ3) is 2.52. The lowest BCUT2D eigenvalue weighted by Gasteiger charge is -2.16. The lowest BCUT2D eigenvalue weighted by molar-refractivity contribution is -0.138. The molecule has 1 aliphatic heterocycles. The standard InChI is InChI=1S/C17H16O4S/c1-20-11-5-3-10(4-6-11)16-15(17(18)19)13-8-7-12(21-2)9-14(13)22-16/h3-9,15-16H,1-2H3,(H,18,19). The minimum absolute atomic E-state index is 0.148. The number of hydrogen-bond acceptors (Lipinski definition) is 4. The van der Waals surface area contributed by atoms with Crippen molar-refractivity contribution in [3.8, 4) is 11.5 Å². The van der Waals surface area contributed by atoms with Crippen LogP contribution in [-0.4, -0.2) is 25.3 Å². The minimum atomic E-state index is -0.808. The van der Waals surface area contributed by atoms with E-state index in [2.05, 4.69) is 0 Å². The number of ether oxygens (including phenoxy) is 2. The van der Waals surface area contributed by atoms with Crippen LogP contribution in [0.4, 0.5) is 0 Å². The molecule has 22 heavy (non-hydrogen) atoms. The fourth-order valence-electron chi connectivity index (χ4n) is 2.69. The van der Waals surface area contributed by atoms with Gasteiger partial charge in [0.2, 0.25) is 0 Å². The summed E-state index contributed by atoms with van der Waals surface area (Å²) in [6, 6.07) is 13.1. The zero-order chi connectivity index (χ0) is 15.7. The van der Waals surface area contributed by atoms with Crippen LogP contribution in [0.25, 0.3) is 0 Å². The molecule has 1 aliphatic rings. The van der Waals surface area contributed by atoms with Crippen molar-refractivity contribution in [2.24, 2.45) is 0 Å². The molecule has 0 radical (unpaired) electrons. The third-order valence-corrected chi connectivity index (χ3v) is 5.23. The molecule has 0 spiro atoms. The zero-order valence-electron chi connectivity index (χ0n) is 12.3. The van der Waals surface area contributed by atoms with Crippen molar-refractivity contribution < 1.29 is 19.4 Å². The number of rotatable bonds is 4. The summed E-state index contributed by atoms with van der Waals surface area (Å²) in [5, 5.41) is 9.50. The topological polar surface area (TPSA) is 55.8 Å². The van der Waals surface area contributed by atoms with Crippen LogP contribution in [0.2, 0.25) is 0 Å². The first-order valence-electron chi connectivity index (χ1n) is 6.85. The van der Waals surface area contributed by atoms with Gasteiger partial charge in [-0.25, -0.2) is 0 Å². The van der Waals surface area contributed by atoms with Crippen molar-refractivity contribution in [3.63, 3.8) is 0 Å². The molecule has 4 nitrogen and oxygen atoms in total. The van der Waals surface area contributed by atoms with Gasteiger partial charge in [-0.05, 0) is 35.4 Å². The Morgan fingerprint density at radius 2 is 1.68 bits per heavy atom. The van der Waals surface area contributed by atoms with Crippen LogP contribution in [0.3, 0.4) is 0 Å². The highest BCUT2D eigenvalue weighted by Crippen LogP contribution is 2.55. The summed E-state index contributed by atoms with van der Waals surface area (Å²) in [7, 11) is 3.22. The maximum atomic E-state index is 11.8. The lowest BCUT2D eigenvalue weighted by atomic mass is 9.92. The van der Waals surface area contributed by atoms with Crippen LogP contribution < -0.4 is 9.47 Å². The van der Waals surface area contributed by atoms with E-state index in [1.165, 1.54) is 0 Å². The fourth-order valence-corrected chi connectivity index (χ4v) is 4.17. The van der Waals surface area contributed by atoms with Crippen molar-refractivity contribution in [3.05, 3.63) is 53.6 Å². The second kappa shape index (κ2) is 5.93. The second-order valence-electron chi connectivity index (χ2n) is 5.03. The van der Waals surface area contributed by atoms with E-state index in [0.29, 0.717) is 0 Å². The molecule has 2 aromatic rings. The van der Waals surface area contributed by atoms with E-state index in [1.807, 2.05) is 42.5 Å². The summed E-state index contributed by atoms with van der Waals surface area (Å²) in [5.74, 6) is 0.139. The number of methoxy groups -OCH3 is 2. The summed E-state index contributed by atoms with van der Waals surface area (Å²) < 4.78 is 10.4. The molecule has 3 rings (SSSR count). The maximum Gasteiger partial charge on any atom is 0.312 e. The van der Waals surface area contributed by atoms with Gasteiger partial charge in [-0.15, -0.1) is 11.8 Å². The first kappa shape index (κ1) is 14.8. The molecule has 1 heterocycles. The van der Waals surface area contributed by atoms with Gasteiger partial charge in [0.15, 0.2) is 0 Å². The number of benzene rings is 2. The van der Waals surface area contributed by atoms with Crippen LogP contribution >= 0.6 is 11.8 Å². The molecule has 0 amide bonds. The van der Waals surface area contributed by atoms with Crippen molar-refractivity contribution in [2.45, 2.75) is 16.1 Å². The molecule has 0 saturated carbocycles. The largest absolute Gasteiger partial charge is 0.497 e. The van der Waals surface area contributed by atoms with Crippen molar-refractivity contribution in [1.29, 1.82) is 0 Å². The molecule has 2 atom stereocenters. The number of fused-ring (bicyclic) bond motifs is 1. The van der Waals surface area contributed by atoms with Gasteiger partial charge in [0.1, 0.15) is 11.5 Å². The maximum absolute atomic E-state index is 11.8. The Bertz CT molecular complexity index is 696. The second-order valence-corrected chi connectivity index (χ2v) is 6.21. The molecule has 2 aromatic carbocycles. The molecular weight excluding hydrogens is 300 g/mol. The number of thioether (sulfide) groups is 1. The normalized spacial score (nSPS) is 19.5. The predicted octanol–water partition coefficient (Wildman–Crippen LogP) is 3.72. The van der Waals surface area contributed by atoms with Gasteiger partial charge in [0, 0.05) is 4.90 Å². The Balaban J connectivity index is 1.99. The van der Waals surface area contributed by atoms with Crippen LogP contribution in [0.5, 0.6) is 11.5 Å². The van der Waals surface area contributed by atoms with Crippen LogP contribution in [0.1, 0.15) is 22.3 Å². The van der Waals surface area contributed by atoms with Gasteiger partial charge < -0.3 is 14.6 Å². The monoisotopic (exact) mass is 316 g/mol. The number of carbonyl (C=O) groups is 1. The molecule has 0 bridgehead atoms. The van der Waals surface area contributed by atoms with E-state index in [0.717, 1.165) is 27.5 Å². The van der Waals surface area contributed by atoms with Gasteiger partial charge in [-0.3, -0.25) is 4.79 Å². The van der Waals surface area contributed by atoms with Gasteiger partial charge in [0.05, 0.1) is 25.4 Å². The van der Waals surface area contributed by atoms with E-state index in [9.17, 15) is 9.90 Å². The molecule has 0 fully saturated rings. The highest BCUT2D eigenvalue weighted by atomic mass is 32.2. The number of hydrogen-bond donors (Lipinski definition) is 1. The molecule has 5 heteroatoms. The van der Waals surface area contributed by atoms with E-state index < -0.39 is 11.9 Å².